The molecular formula is C10H8Cl2N2. The number of fused-ring (bicyclic) bond motifs is 1. The van der Waals surface area contributed by atoms with Crippen LogP contribution in [0.5, 0.6) is 0 Å². The molecule has 0 spiro atoms. The average Bonchev–Trinajstić information content (AvgIpc) is 2.18. The van der Waals surface area contributed by atoms with Gasteiger partial charge in [-0.3, -0.25) is 0 Å². The maximum Gasteiger partial charge on any atom is 0.148 e. The smallest absolute Gasteiger partial charge is 0.148 e. The molecule has 0 atom stereocenters. The zero-order chi connectivity index (χ0) is 10.1. The van der Waals surface area contributed by atoms with E-state index < -0.39 is 0 Å². The Kier molecular flexibility index (Phi) is 2.62. The molecule has 1 aromatic heterocycles. The fraction of sp³-hybridized carbons (Fsp3) is 0.400. The Morgan fingerprint density at radius 2 is 1.71 bits per heavy atom. The highest BCUT2D eigenvalue weighted by Crippen LogP contribution is 2.32. The van der Waals surface area contributed by atoms with E-state index in [2.05, 4.69) is 11.1 Å². The first-order valence-electron chi connectivity index (χ1n) is 4.51. The summed E-state index contributed by atoms with van der Waals surface area (Å²) < 4.78 is 0. The molecule has 0 N–H and O–H groups in total. The summed E-state index contributed by atoms with van der Waals surface area (Å²) in [5, 5.41) is 9.64. The summed E-state index contributed by atoms with van der Waals surface area (Å²) >= 11 is 11.8. The Labute approximate surface area is 92.5 Å². The lowest BCUT2D eigenvalue weighted by molar-refractivity contribution is 0.680. The molecule has 1 heterocycles. The average molecular weight is 227 g/mol. The monoisotopic (exact) mass is 226 g/mol. The van der Waals surface area contributed by atoms with Gasteiger partial charge >= 0.3 is 0 Å². The van der Waals surface area contributed by atoms with Gasteiger partial charge in [0.2, 0.25) is 0 Å². The van der Waals surface area contributed by atoms with Crippen LogP contribution in [0.1, 0.15) is 29.5 Å². The summed E-state index contributed by atoms with van der Waals surface area (Å²) in [6.45, 7) is 0. The second-order valence-corrected chi connectivity index (χ2v) is 4.06. The zero-order valence-corrected chi connectivity index (χ0v) is 8.99. The minimum absolute atomic E-state index is 0.234. The van der Waals surface area contributed by atoms with Crippen molar-refractivity contribution in [3.8, 4) is 6.07 Å². The molecule has 4 heteroatoms. The molecule has 72 valence electrons. The molecule has 0 fully saturated rings. The molecule has 0 saturated carbocycles. The van der Waals surface area contributed by atoms with Crippen molar-refractivity contribution < 1.29 is 0 Å². The molecule has 0 amide bonds. The van der Waals surface area contributed by atoms with Crippen molar-refractivity contribution in [2.24, 2.45) is 0 Å². The van der Waals surface area contributed by atoms with Crippen LogP contribution in [0.15, 0.2) is 0 Å². The predicted molar refractivity (Wildman–Crippen MR) is 55.6 cm³/mol. The molecule has 0 saturated heterocycles. The predicted octanol–water partition coefficient (Wildman–Crippen LogP) is 3.14. The molecule has 0 radical (unpaired) electrons. The van der Waals surface area contributed by atoms with E-state index in [4.69, 9.17) is 28.5 Å². The highest BCUT2D eigenvalue weighted by atomic mass is 35.5. The Bertz CT molecular complexity index is 421. The maximum atomic E-state index is 8.95. The molecular weight excluding hydrogens is 219 g/mol. The van der Waals surface area contributed by atoms with Gasteiger partial charge in [-0.1, -0.05) is 23.2 Å². The van der Waals surface area contributed by atoms with Crippen molar-refractivity contribution in [1.82, 2.24) is 4.98 Å². The Morgan fingerprint density at radius 3 is 2.36 bits per heavy atom. The van der Waals surface area contributed by atoms with E-state index in [9.17, 15) is 0 Å². The summed E-state index contributed by atoms with van der Waals surface area (Å²) in [5.74, 6) is 0. The van der Waals surface area contributed by atoms with Gasteiger partial charge in [0, 0.05) is 0 Å². The number of rotatable bonds is 0. The van der Waals surface area contributed by atoms with E-state index in [-0.39, 0.29) is 5.15 Å². The minimum Gasteiger partial charge on any atom is -0.223 e. The van der Waals surface area contributed by atoms with Crippen LogP contribution in [0.25, 0.3) is 0 Å². The van der Waals surface area contributed by atoms with E-state index >= 15 is 0 Å². The molecule has 0 bridgehead atoms. The summed E-state index contributed by atoms with van der Waals surface area (Å²) in [7, 11) is 0. The molecule has 0 aliphatic heterocycles. The number of nitriles is 1. The summed E-state index contributed by atoms with van der Waals surface area (Å²) in [4.78, 5) is 3.97. The molecule has 0 unspecified atom stereocenters. The van der Waals surface area contributed by atoms with Crippen molar-refractivity contribution >= 4 is 23.2 Å². The van der Waals surface area contributed by atoms with Crippen LogP contribution in [0.3, 0.4) is 0 Å². The molecule has 14 heavy (non-hydrogen) atoms. The number of hydrogen-bond acceptors (Lipinski definition) is 2. The fourth-order valence-corrected chi connectivity index (χ4v) is 2.43. The van der Waals surface area contributed by atoms with Gasteiger partial charge in [-0.25, -0.2) is 4.98 Å². The van der Waals surface area contributed by atoms with Gasteiger partial charge in [-0.15, -0.1) is 0 Å². The maximum absolute atomic E-state index is 8.95. The normalized spacial score (nSPS) is 14.6. The molecule has 1 aromatic rings. The van der Waals surface area contributed by atoms with E-state index in [1.54, 1.807) is 0 Å². The lowest BCUT2D eigenvalue weighted by Gasteiger charge is -2.17. The van der Waals surface area contributed by atoms with Gasteiger partial charge in [0.1, 0.15) is 16.4 Å². The Balaban J connectivity index is 2.69. The third-order valence-electron chi connectivity index (χ3n) is 2.53. The van der Waals surface area contributed by atoms with E-state index in [1.807, 2.05) is 0 Å². The highest BCUT2D eigenvalue weighted by Gasteiger charge is 2.20. The number of pyridine rings is 1. The van der Waals surface area contributed by atoms with Gasteiger partial charge in [0.25, 0.3) is 0 Å². The first-order chi connectivity index (χ1) is 6.74. The van der Waals surface area contributed by atoms with Crippen LogP contribution >= 0.6 is 23.2 Å². The third-order valence-corrected chi connectivity index (χ3v) is 3.12. The summed E-state index contributed by atoms with van der Waals surface area (Å²) in [5.41, 5.74) is 2.52. The van der Waals surface area contributed by atoms with Crippen molar-refractivity contribution in [3.05, 3.63) is 27.0 Å². The number of hydrogen-bond donors (Lipinski definition) is 0. The number of nitrogens with zero attached hydrogens (tertiary/aromatic N) is 2. The first kappa shape index (κ1) is 9.76. The van der Waals surface area contributed by atoms with Gasteiger partial charge in [-0.05, 0) is 36.8 Å². The number of halogens is 2. The highest BCUT2D eigenvalue weighted by molar-refractivity contribution is 6.33. The van der Waals surface area contributed by atoms with Crippen molar-refractivity contribution in [3.63, 3.8) is 0 Å². The lowest BCUT2D eigenvalue weighted by Crippen LogP contribution is -2.08. The van der Waals surface area contributed by atoms with Gasteiger partial charge in [-0.2, -0.15) is 5.26 Å². The first-order valence-corrected chi connectivity index (χ1v) is 5.26. The van der Waals surface area contributed by atoms with Crippen LogP contribution in [0.2, 0.25) is 10.3 Å². The SMILES string of the molecule is N#Cc1c(Cl)nc(Cl)c2c1CCCC2. The van der Waals surface area contributed by atoms with Gasteiger partial charge in [0.15, 0.2) is 0 Å². The van der Waals surface area contributed by atoms with Crippen LogP contribution in [-0.2, 0) is 12.8 Å². The van der Waals surface area contributed by atoms with Crippen LogP contribution in [0.4, 0.5) is 0 Å². The largest absolute Gasteiger partial charge is 0.223 e. The zero-order valence-electron chi connectivity index (χ0n) is 7.48. The van der Waals surface area contributed by atoms with Crippen molar-refractivity contribution in [1.29, 1.82) is 5.26 Å². The van der Waals surface area contributed by atoms with E-state index in [0.29, 0.717) is 10.7 Å². The summed E-state index contributed by atoms with van der Waals surface area (Å²) in [6, 6.07) is 2.10. The van der Waals surface area contributed by atoms with Crippen LogP contribution in [-0.4, -0.2) is 4.98 Å². The molecule has 2 rings (SSSR count). The Hall–Kier alpha value is -0.780. The fourth-order valence-electron chi connectivity index (χ4n) is 1.86. The minimum atomic E-state index is 0.234. The standard InChI is InChI=1S/C10H8Cl2N2/c11-9-7-4-2-1-3-6(7)8(5-13)10(12)14-9/h1-4H2. The van der Waals surface area contributed by atoms with Crippen LogP contribution < -0.4 is 0 Å². The summed E-state index contributed by atoms with van der Waals surface area (Å²) in [6.07, 6.45) is 4.01. The quantitative estimate of drug-likeness (QED) is 0.638. The van der Waals surface area contributed by atoms with E-state index in [1.165, 1.54) is 0 Å². The van der Waals surface area contributed by atoms with E-state index in [0.717, 1.165) is 36.8 Å². The number of aromatic nitrogens is 1. The lowest BCUT2D eigenvalue weighted by atomic mass is 9.90. The van der Waals surface area contributed by atoms with Crippen molar-refractivity contribution in [2.75, 3.05) is 0 Å². The van der Waals surface area contributed by atoms with Gasteiger partial charge in [0.05, 0.1) is 5.56 Å². The second-order valence-electron chi connectivity index (χ2n) is 3.34. The molecule has 1 aliphatic rings. The topological polar surface area (TPSA) is 36.7 Å². The third kappa shape index (κ3) is 1.47. The molecule has 0 aromatic carbocycles. The molecule has 2 nitrogen and oxygen atoms in total. The second kappa shape index (κ2) is 3.76. The van der Waals surface area contributed by atoms with Crippen molar-refractivity contribution in [2.45, 2.75) is 25.7 Å². The van der Waals surface area contributed by atoms with Gasteiger partial charge < -0.3 is 0 Å². The van der Waals surface area contributed by atoms with Crippen LogP contribution in [0, 0.1) is 11.3 Å². The Morgan fingerprint density at radius 1 is 1.07 bits per heavy atom. The molecule has 1 aliphatic carbocycles.